The molecule has 1 aliphatic carbocycles. The predicted molar refractivity (Wildman–Crippen MR) is 209 cm³/mol. The first kappa shape index (κ1) is 36.9. The summed E-state index contributed by atoms with van der Waals surface area (Å²) in [6.07, 6.45) is 9.56. The summed E-state index contributed by atoms with van der Waals surface area (Å²) in [7, 11) is 2.08. The van der Waals surface area contributed by atoms with Gasteiger partial charge in [-0.25, -0.2) is 4.98 Å². The standard InChI is InChI=1S/C43H44N6O8/c1-47-36-12-13-44-23-35(36)32-7-4-26(18-38(32)47)27-5-11-40(45-22-27)57-30-19-29(20-30)55-17-3-16-54-15-2-14-48-24-31(25-48)56-28-6-8-33-34(21-28)43(53)49(42(33)52)37-9-10-39(50)46-41(37)51/h4-8,11-13,18,21-23,29-31,37H,2-3,9-10,14-17,19-20,24-25H2,1H3,(H,46,50,51)/t29-,30-,37?. The second-order valence-corrected chi connectivity index (χ2v) is 15.2. The molecular weight excluding hydrogens is 729 g/mol. The molecule has 294 valence electrons. The van der Waals surface area contributed by atoms with Crippen LogP contribution in [0.2, 0.25) is 0 Å². The van der Waals surface area contributed by atoms with E-state index in [9.17, 15) is 19.2 Å². The zero-order valence-electron chi connectivity index (χ0n) is 31.7. The van der Waals surface area contributed by atoms with Crippen molar-refractivity contribution in [3.63, 3.8) is 0 Å². The molecule has 1 N–H and O–H groups in total. The molecule has 3 aromatic heterocycles. The number of imide groups is 2. The minimum atomic E-state index is -0.989. The normalized spacial score (nSPS) is 21.1. The van der Waals surface area contributed by atoms with E-state index in [1.807, 2.05) is 30.7 Å². The monoisotopic (exact) mass is 772 g/mol. The van der Waals surface area contributed by atoms with Gasteiger partial charge in [0.05, 0.1) is 22.7 Å². The van der Waals surface area contributed by atoms with Gasteiger partial charge >= 0.3 is 0 Å². The van der Waals surface area contributed by atoms with Crippen LogP contribution >= 0.6 is 0 Å². The first-order valence-corrected chi connectivity index (χ1v) is 19.7. The molecule has 2 aromatic carbocycles. The van der Waals surface area contributed by atoms with E-state index >= 15 is 0 Å². The van der Waals surface area contributed by atoms with Crippen molar-refractivity contribution in [1.29, 1.82) is 0 Å². The minimum absolute atomic E-state index is 0.0194. The summed E-state index contributed by atoms with van der Waals surface area (Å²) in [5.41, 5.74) is 4.93. The maximum Gasteiger partial charge on any atom is 0.262 e. The van der Waals surface area contributed by atoms with Crippen molar-refractivity contribution in [2.75, 3.05) is 39.5 Å². The molecule has 1 saturated carbocycles. The third-order valence-corrected chi connectivity index (χ3v) is 11.4. The number of hydrogen-bond acceptors (Lipinski definition) is 11. The molecule has 5 aromatic rings. The van der Waals surface area contributed by atoms with Gasteiger partial charge in [-0.15, -0.1) is 0 Å². The zero-order chi connectivity index (χ0) is 39.0. The van der Waals surface area contributed by atoms with Gasteiger partial charge in [0.15, 0.2) is 0 Å². The summed E-state index contributed by atoms with van der Waals surface area (Å²) in [6, 6.07) is 16.4. The van der Waals surface area contributed by atoms with Crippen LogP contribution in [0.25, 0.3) is 32.9 Å². The van der Waals surface area contributed by atoms with Gasteiger partial charge in [0.25, 0.3) is 11.8 Å². The molecule has 1 atom stereocenters. The number of aromatic nitrogens is 3. The summed E-state index contributed by atoms with van der Waals surface area (Å²) in [5.74, 6) is -0.960. The van der Waals surface area contributed by atoms with E-state index in [-0.39, 0.29) is 42.3 Å². The number of nitrogens with one attached hydrogen (secondary N) is 1. The number of ether oxygens (including phenoxy) is 4. The highest BCUT2D eigenvalue weighted by Crippen LogP contribution is 2.34. The molecular formula is C43H44N6O8. The van der Waals surface area contributed by atoms with Crippen LogP contribution in [0.3, 0.4) is 0 Å². The lowest BCUT2D eigenvalue weighted by Crippen LogP contribution is -2.54. The molecule has 14 nitrogen and oxygen atoms in total. The predicted octanol–water partition coefficient (Wildman–Crippen LogP) is 4.68. The summed E-state index contributed by atoms with van der Waals surface area (Å²) in [6.45, 7) is 4.40. The lowest BCUT2D eigenvalue weighted by atomic mass is 9.92. The Morgan fingerprint density at radius 2 is 1.60 bits per heavy atom. The van der Waals surface area contributed by atoms with Gasteiger partial charge < -0.3 is 23.5 Å². The Bertz CT molecular complexity index is 2350. The highest BCUT2D eigenvalue weighted by Gasteiger charge is 2.45. The molecule has 1 unspecified atom stereocenters. The average molecular weight is 773 g/mol. The van der Waals surface area contributed by atoms with Gasteiger partial charge in [0.2, 0.25) is 17.7 Å². The number of likely N-dealkylation sites (tertiary alicyclic amines) is 1. The quantitative estimate of drug-likeness (QED) is 0.117. The fourth-order valence-corrected chi connectivity index (χ4v) is 8.17. The zero-order valence-corrected chi connectivity index (χ0v) is 31.7. The third-order valence-electron chi connectivity index (χ3n) is 11.4. The SMILES string of the molecule is Cn1c2ccncc2c2ccc(-c3ccc(O[C@H]4C[C@H](OCCCOCCCN5CC(Oc6ccc7c(c6)C(=O)N(C6CCC(=O)NC6=O)C7=O)C5)C4)nc3)cc21. The summed E-state index contributed by atoms with van der Waals surface area (Å²) in [5, 5.41) is 4.55. The highest BCUT2D eigenvalue weighted by atomic mass is 16.5. The van der Waals surface area contributed by atoms with Gasteiger partial charge in [0.1, 0.15) is 24.0 Å². The van der Waals surface area contributed by atoms with Crippen LogP contribution in [-0.2, 0) is 26.1 Å². The molecule has 2 saturated heterocycles. The minimum Gasteiger partial charge on any atom is -0.488 e. The fourth-order valence-electron chi connectivity index (χ4n) is 8.17. The number of fused-ring (bicyclic) bond motifs is 4. The van der Waals surface area contributed by atoms with Crippen molar-refractivity contribution in [3.8, 4) is 22.8 Å². The van der Waals surface area contributed by atoms with E-state index in [2.05, 4.69) is 56.1 Å². The van der Waals surface area contributed by atoms with Gasteiger partial charge in [-0.1, -0.05) is 12.1 Å². The number of nitrogens with zero attached hydrogens (tertiary/aromatic N) is 5. The van der Waals surface area contributed by atoms with Gasteiger partial charge in [-0.05, 0) is 61.2 Å². The van der Waals surface area contributed by atoms with Crippen LogP contribution in [0.5, 0.6) is 11.6 Å². The molecule has 0 bridgehead atoms. The molecule has 4 amide bonds. The molecule has 14 heteroatoms. The van der Waals surface area contributed by atoms with Crippen LogP contribution in [0.4, 0.5) is 0 Å². The maximum absolute atomic E-state index is 13.1. The molecule has 0 radical (unpaired) electrons. The lowest BCUT2D eigenvalue weighted by molar-refractivity contribution is -0.136. The van der Waals surface area contributed by atoms with Gasteiger partial charge in [-0.3, -0.25) is 39.3 Å². The van der Waals surface area contributed by atoms with E-state index in [4.69, 9.17) is 18.9 Å². The fraction of sp³-hybridized carbons (Fsp3) is 0.395. The molecule has 9 rings (SSSR count). The van der Waals surface area contributed by atoms with E-state index in [0.717, 1.165) is 77.8 Å². The molecule has 3 fully saturated rings. The van der Waals surface area contributed by atoms with Crippen LogP contribution in [0.1, 0.15) is 59.2 Å². The molecule has 57 heavy (non-hydrogen) atoms. The van der Waals surface area contributed by atoms with Gasteiger partial charge in [-0.2, -0.15) is 0 Å². The summed E-state index contributed by atoms with van der Waals surface area (Å²) < 4.78 is 26.3. The number of aryl methyl sites for hydroxylation is 1. The Labute approximate surface area is 329 Å². The third kappa shape index (κ3) is 7.47. The topological polar surface area (TPSA) is 154 Å². The van der Waals surface area contributed by atoms with Crippen molar-refractivity contribution in [3.05, 3.63) is 84.3 Å². The number of amides is 4. The number of carbonyl (C=O) groups is 4. The first-order valence-electron chi connectivity index (χ1n) is 19.7. The Balaban J connectivity index is 0.618. The number of hydrogen-bond donors (Lipinski definition) is 1. The molecule has 0 spiro atoms. The van der Waals surface area contributed by atoms with Crippen LogP contribution in [-0.4, -0.2) is 112 Å². The van der Waals surface area contributed by atoms with Crippen LogP contribution in [0, 0.1) is 0 Å². The summed E-state index contributed by atoms with van der Waals surface area (Å²) in [4.78, 5) is 62.0. The van der Waals surface area contributed by atoms with Crippen molar-refractivity contribution in [2.45, 2.75) is 62.9 Å². The number of pyridine rings is 2. The highest BCUT2D eigenvalue weighted by molar-refractivity contribution is 6.23. The van der Waals surface area contributed by atoms with Crippen LogP contribution in [0.15, 0.2) is 73.2 Å². The van der Waals surface area contributed by atoms with E-state index in [0.29, 0.717) is 31.5 Å². The van der Waals surface area contributed by atoms with Crippen molar-refractivity contribution >= 4 is 45.4 Å². The average Bonchev–Trinajstić information content (AvgIpc) is 3.61. The Hall–Kier alpha value is -5.70. The second kappa shape index (κ2) is 15.7. The molecule has 6 heterocycles. The lowest BCUT2D eigenvalue weighted by Gasteiger charge is -2.39. The largest absolute Gasteiger partial charge is 0.488 e. The van der Waals surface area contributed by atoms with E-state index in [1.54, 1.807) is 18.2 Å². The number of piperidine rings is 1. The number of rotatable bonds is 15. The first-order chi connectivity index (χ1) is 27.8. The van der Waals surface area contributed by atoms with Crippen molar-refractivity contribution in [1.82, 2.24) is 29.7 Å². The van der Waals surface area contributed by atoms with Gasteiger partial charge in [0, 0.05) is 112 Å². The van der Waals surface area contributed by atoms with Crippen molar-refractivity contribution < 1.29 is 38.1 Å². The van der Waals surface area contributed by atoms with Crippen molar-refractivity contribution in [2.24, 2.45) is 7.05 Å². The number of benzene rings is 2. The molecule has 4 aliphatic rings. The maximum atomic E-state index is 13.1. The van der Waals surface area contributed by atoms with E-state index in [1.165, 1.54) is 5.39 Å². The second-order valence-electron chi connectivity index (χ2n) is 15.2. The van der Waals surface area contributed by atoms with Crippen LogP contribution < -0.4 is 14.8 Å². The van der Waals surface area contributed by atoms with E-state index < -0.39 is 29.7 Å². The Morgan fingerprint density at radius 3 is 2.42 bits per heavy atom. The Morgan fingerprint density at radius 1 is 0.772 bits per heavy atom. The smallest absolute Gasteiger partial charge is 0.262 e. The number of carbonyl (C=O) groups excluding carboxylic acids is 4. The Kier molecular flexibility index (Phi) is 10.2. The molecule has 3 aliphatic heterocycles. The summed E-state index contributed by atoms with van der Waals surface area (Å²) >= 11 is 0.